The van der Waals surface area contributed by atoms with Crippen molar-refractivity contribution in [2.45, 2.75) is 25.2 Å². The van der Waals surface area contributed by atoms with Gasteiger partial charge in [0.15, 0.2) is 4.96 Å². The molecule has 0 radical (unpaired) electrons. The van der Waals surface area contributed by atoms with Crippen molar-refractivity contribution in [1.29, 1.82) is 0 Å². The number of hydrogen-bond donors (Lipinski definition) is 1. The summed E-state index contributed by atoms with van der Waals surface area (Å²) in [6.45, 7) is 0. The van der Waals surface area contributed by atoms with E-state index in [1.165, 1.54) is 4.88 Å². The molecule has 4 nitrogen and oxygen atoms in total. The summed E-state index contributed by atoms with van der Waals surface area (Å²) < 4.78 is 1.99. The monoisotopic (exact) mass is 298 g/mol. The Morgan fingerprint density at radius 1 is 1.33 bits per heavy atom. The van der Waals surface area contributed by atoms with Gasteiger partial charge in [0.25, 0.3) is 0 Å². The number of rotatable bonds is 2. The molecule has 1 N–H and O–H groups in total. The Labute approximate surface area is 125 Å². The van der Waals surface area contributed by atoms with Gasteiger partial charge in [-0.2, -0.15) is 0 Å². The molecular weight excluding hydrogens is 284 g/mol. The molecule has 1 aliphatic rings. The molecule has 106 valence electrons. The minimum atomic E-state index is -0.731. The third kappa shape index (κ3) is 1.96. The van der Waals surface area contributed by atoms with Gasteiger partial charge in [0.1, 0.15) is 0 Å². The molecule has 1 unspecified atom stereocenters. The van der Waals surface area contributed by atoms with Crippen LogP contribution in [0.5, 0.6) is 0 Å². The van der Waals surface area contributed by atoms with Crippen molar-refractivity contribution in [1.82, 2.24) is 9.38 Å². The number of carbonyl (C=O) groups is 1. The fraction of sp³-hybridized carbons (Fsp3) is 0.250. The Balaban J connectivity index is 1.89. The van der Waals surface area contributed by atoms with E-state index in [9.17, 15) is 9.90 Å². The van der Waals surface area contributed by atoms with E-state index in [2.05, 4.69) is 4.98 Å². The number of hydrogen-bond acceptors (Lipinski definition) is 3. The minimum absolute atomic E-state index is 0.402. The summed E-state index contributed by atoms with van der Waals surface area (Å²) in [5.74, 6) is -1.13. The SMILES string of the molecule is O=C(O)C1CCCc2sc3nc(-c4ccccc4)cn3c21. The molecule has 4 rings (SSSR count). The molecule has 0 amide bonds. The van der Waals surface area contributed by atoms with Gasteiger partial charge in [-0.25, -0.2) is 4.98 Å². The molecule has 0 fully saturated rings. The van der Waals surface area contributed by atoms with Crippen LogP contribution in [0.3, 0.4) is 0 Å². The standard InChI is InChI=1S/C16H14N2O2S/c19-15(20)11-7-4-8-13-14(11)18-9-12(17-16(18)21-13)10-5-2-1-3-6-10/h1-3,5-6,9,11H,4,7-8H2,(H,19,20). The Hall–Kier alpha value is -2.14. The fourth-order valence-electron chi connectivity index (χ4n) is 3.04. The van der Waals surface area contributed by atoms with Crippen molar-refractivity contribution >= 4 is 22.3 Å². The highest BCUT2D eigenvalue weighted by atomic mass is 32.1. The van der Waals surface area contributed by atoms with Crippen molar-refractivity contribution < 1.29 is 9.90 Å². The van der Waals surface area contributed by atoms with Crippen LogP contribution in [0.4, 0.5) is 0 Å². The molecule has 1 aliphatic carbocycles. The Kier molecular flexibility index (Phi) is 2.82. The van der Waals surface area contributed by atoms with Gasteiger partial charge in [0, 0.05) is 16.6 Å². The first-order chi connectivity index (χ1) is 10.2. The highest BCUT2D eigenvalue weighted by Gasteiger charge is 2.31. The predicted molar refractivity (Wildman–Crippen MR) is 81.8 cm³/mol. The normalized spacial score (nSPS) is 17.8. The van der Waals surface area contributed by atoms with E-state index in [0.717, 1.165) is 34.8 Å². The van der Waals surface area contributed by atoms with Gasteiger partial charge in [-0.05, 0) is 19.3 Å². The van der Waals surface area contributed by atoms with Gasteiger partial charge in [-0.1, -0.05) is 30.3 Å². The molecule has 0 saturated carbocycles. The van der Waals surface area contributed by atoms with Crippen molar-refractivity contribution in [2.24, 2.45) is 0 Å². The van der Waals surface area contributed by atoms with Gasteiger partial charge < -0.3 is 5.11 Å². The molecule has 3 aromatic rings. The van der Waals surface area contributed by atoms with Gasteiger partial charge in [0.05, 0.1) is 17.3 Å². The van der Waals surface area contributed by atoms with Crippen LogP contribution < -0.4 is 0 Å². The van der Waals surface area contributed by atoms with Gasteiger partial charge in [-0.3, -0.25) is 9.20 Å². The molecule has 1 aromatic carbocycles. The lowest BCUT2D eigenvalue weighted by atomic mass is 9.91. The van der Waals surface area contributed by atoms with Crippen molar-refractivity contribution in [3.8, 4) is 11.3 Å². The van der Waals surface area contributed by atoms with Gasteiger partial charge in [-0.15, -0.1) is 11.3 Å². The topological polar surface area (TPSA) is 54.6 Å². The molecule has 0 aliphatic heterocycles. The fourth-order valence-corrected chi connectivity index (χ4v) is 4.24. The second-order valence-electron chi connectivity index (χ2n) is 5.34. The zero-order chi connectivity index (χ0) is 14.4. The van der Waals surface area contributed by atoms with Gasteiger partial charge >= 0.3 is 5.97 Å². The Bertz CT molecular complexity index is 820. The summed E-state index contributed by atoms with van der Waals surface area (Å²) in [5.41, 5.74) is 2.90. The van der Waals surface area contributed by atoms with Crippen LogP contribution in [0.15, 0.2) is 36.5 Å². The third-order valence-electron chi connectivity index (χ3n) is 4.03. The summed E-state index contributed by atoms with van der Waals surface area (Å²) in [6, 6.07) is 9.99. The second kappa shape index (κ2) is 4.70. The van der Waals surface area contributed by atoms with E-state index in [0.29, 0.717) is 6.42 Å². The molecule has 21 heavy (non-hydrogen) atoms. The van der Waals surface area contributed by atoms with E-state index in [-0.39, 0.29) is 0 Å². The highest BCUT2D eigenvalue weighted by molar-refractivity contribution is 7.17. The van der Waals surface area contributed by atoms with Crippen LogP contribution in [0.25, 0.3) is 16.2 Å². The molecule has 0 saturated heterocycles. The molecule has 5 heteroatoms. The minimum Gasteiger partial charge on any atom is -0.481 e. The number of imidazole rings is 1. The molecule has 2 aromatic heterocycles. The number of carboxylic acids is 1. The molecule has 1 atom stereocenters. The van der Waals surface area contributed by atoms with Gasteiger partial charge in [0.2, 0.25) is 0 Å². The zero-order valence-electron chi connectivity index (χ0n) is 11.3. The number of fused-ring (bicyclic) bond motifs is 3. The first-order valence-electron chi connectivity index (χ1n) is 7.03. The van der Waals surface area contributed by atoms with Crippen molar-refractivity contribution in [2.75, 3.05) is 0 Å². The zero-order valence-corrected chi connectivity index (χ0v) is 12.1. The summed E-state index contributed by atoms with van der Waals surface area (Å²) in [7, 11) is 0. The predicted octanol–water partition coefficient (Wildman–Crippen LogP) is 3.57. The van der Waals surface area contributed by atoms with Crippen LogP contribution in [-0.2, 0) is 11.2 Å². The van der Waals surface area contributed by atoms with E-state index in [4.69, 9.17) is 0 Å². The number of nitrogens with zero attached hydrogens (tertiary/aromatic N) is 2. The van der Waals surface area contributed by atoms with Crippen LogP contribution in [-0.4, -0.2) is 20.5 Å². The van der Waals surface area contributed by atoms with Crippen LogP contribution >= 0.6 is 11.3 Å². The maximum atomic E-state index is 11.5. The number of benzene rings is 1. The average molecular weight is 298 g/mol. The maximum absolute atomic E-state index is 11.5. The Morgan fingerprint density at radius 2 is 2.14 bits per heavy atom. The highest BCUT2D eigenvalue weighted by Crippen LogP contribution is 2.38. The third-order valence-corrected chi connectivity index (χ3v) is 5.16. The second-order valence-corrected chi connectivity index (χ2v) is 6.40. The molecule has 0 bridgehead atoms. The lowest BCUT2D eigenvalue weighted by Crippen LogP contribution is -2.18. The first kappa shape index (κ1) is 12.6. The number of carboxylic acid groups (broad SMARTS) is 1. The maximum Gasteiger partial charge on any atom is 0.312 e. The molecule has 2 heterocycles. The summed E-state index contributed by atoms with van der Waals surface area (Å²) in [6.07, 6.45) is 4.60. The van der Waals surface area contributed by atoms with E-state index in [1.54, 1.807) is 11.3 Å². The lowest BCUT2D eigenvalue weighted by molar-refractivity contribution is -0.139. The number of aromatic nitrogens is 2. The average Bonchev–Trinajstić information content (AvgIpc) is 3.05. The quantitative estimate of drug-likeness (QED) is 0.787. The molecule has 0 spiro atoms. The number of thiazole rings is 1. The van der Waals surface area contributed by atoms with Crippen molar-refractivity contribution in [3.05, 3.63) is 47.1 Å². The summed E-state index contributed by atoms with van der Waals surface area (Å²) in [4.78, 5) is 18.2. The van der Waals surface area contributed by atoms with Crippen molar-refractivity contribution in [3.63, 3.8) is 0 Å². The lowest BCUT2D eigenvalue weighted by Gasteiger charge is -2.18. The first-order valence-corrected chi connectivity index (χ1v) is 7.84. The van der Waals surface area contributed by atoms with E-state index in [1.807, 2.05) is 40.9 Å². The molecular formula is C16H14N2O2S. The van der Waals surface area contributed by atoms with Crippen LogP contribution in [0, 0.1) is 0 Å². The number of aliphatic carboxylic acids is 1. The van der Waals surface area contributed by atoms with Crippen LogP contribution in [0.1, 0.15) is 29.3 Å². The smallest absolute Gasteiger partial charge is 0.312 e. The largest absolute Gasteiger partial charge is 0.481 e. The van der Waals surface area contributed by atoms with E-state index < -0.39 is 11.9 Å². The van der Waals surface area contributed by atoms with Crippen LogP contribution in [0.2, 0.25) is 0 Å². The Morgan fingerprint density at radius 3 is 2.90 bits per heavy atom. The summed E-state index contributed by atoms with van der Waals surface area (Å²) >= 11 is 1.62. The number of aryl methyl sites for hydroxylation is 1. The van der Waals surface area contributed by atoms with E-state index >= 15 is 0 Å². The summed E-state index contributed by atoms with van der Waals surface area (Å²) in [5, 5.41) is 9.46.